The highest BCUT2D eigenvalue weighted by Crippen LogP contribution is 1.80. The second-order valence-corrected chi connectivity index (χ2v) is 3.74. The Bertz CT molecular complexity index is 116. The molecule has 0 spiro atoms. The number of nitrogens with zero attached hydrogens (tertiary/aromatic N) is 1. The van der Waals surface area contributed by atoms with Crippen molar-refractivity contribution in [2.45, 2.75) is 73.3 Å². The molecule has 0 aromatic heterocycles. The molecule has 0 saturated carbocycles. The molecule has 0 aromatic carbocycles. The Labute approximate surface area is 125 Å². The summed E-state index contributed by atoms with van der Waals surface area (Å²) >= 11 is 0. The Morgan fingerprint density at radius 3 is 1.00 bits per heavy atom. The Kier molecular flexibility index (Phi) is 87.4. The molecule has 0 fully saturated rings. The Morgan fingerprint density at radius 1 is 0.722 bits per heavy atom. The topological polar surface area (TPSA) is 4.44 Å². The van der Waals surface area contributed by atoms with Gasteiger partial charge in [-0.05, 0) is 13.8 Å². The van der Waals surface area contributed by atoms with Gasteiger partial charge in [0.15, 0.2) is 0 Å². The maximum atomic E-state index is 8.00. The van der Waals surface area contributed by atoms with Gasteiger partial charge in [-0.2, -0.15) is 0 Å². The van der Waals surface area contributed by atoms with Crippen molar-refractivity contribution in [3.63, 3.8) is 0 Å². The fraction of sp³-hybridized carbons (Fsp3) is 1.00. The van der Waals surface area contributed by atoms with Gasteiger partial charge in [0.1, 0.15) is 0 Å². The van der Waals surface area contributed by atoms with Crippen LogP contribution in [0.4, 0.5) is 0 Å². The highest BCUT2D eigenvalue weighted by Gasteiger charge is 2.13. The van der Waals surface area contributed by atoms with Crippen LogP contribution in [0.2, 0.25) is 1.41 Å². The van der Waals surface area contributed by atoms with Gasteiger partial charge in [0, 0.05) is 0 Å². The molecule has 0 atom stereocenters. The minimum Gasteiger partial charge on any atom is -0.289 e. The Balaban J connectivity index is -0.0000000179. The van der Waals surface area contributed by atoms with E-state index in [0.29, 0.717) is 4.89 Å². The van der Waals surface area contributed by atoms with Gasteiger partial charge in [-0.25, -0.2) is 0 Å². The summed E-state index contributed by atoms with van der Waals surface area (Å²) in [4.78, 5) is 0.420. The van der Waals surface area contributed by atoms with E-state index in [2.05, 4.69) is 35.0 Å². The van der Waals surface area contributed by atoms with Gasteiger partial charge in [0.25, 0.3) is 0 Å². The van der Waals surface area contributed by atoms with Crippen LogP contribution in [-0.2, 0) is 0 Å². The lowest BCUT2D eigenvalue weighted by Crippen LogP contribution is -3.13. The summed E-state index contributed by atoms with van der Waals surface area (Å²) in [6.07, 6.45) is 0. The first-order valence-electron chi connectivity index (χ1n) is 4.47. The fourth-order valence-electron chi connectivity index (χ4n) is 1.02. The molecule has 0 rings (SSSR count). The summed E-state index contributed by atoms with van der Waals surface area (Å²) in [7, 11) is 6.40. The van der Waals surface area contributed by atoms with Crippen LogP contribution < -0.4 is 4.89 Å². The molecule has 2 nitrogen and oxygen atoms in total. The lowest BCUT2D eigenvalue weighted by atomic mass is 10.5. The summed E-state index contributed by atoms with van der Waals surface area (Å²) in [5.41, 5.74) is 0. The van der Waals surface area contributed by atoms with Crippen LogP contribution in [0.1, 0.15) is 73.3 Å². The lowest BCUT2D eigenvalue weighted by molar-refractivity contribution is -1.07. The molecule has 0 heterocycles. The maximum absolute atomic E-state index is 8.00. The van der Waals surface area contributed by atoms with Crippen LogP contribution in [0.25, 0.3) is 0 Å². The molecule has 0 radical (unpaired) electrons. The largest absolute Gasteiger partial charge is 0.353 e. The van der Waals surface area contributed by atoms with Gasteiger partial charge in [0.05, 0.1) is 34.2 Å². The van der Waals surface area contributed by atoms with Crippen molar-refractivity contribution < 1.29 is 10.8 Å². The van der Waals surface area contributed by atoms with Crippen molar-refractivity contribution >= 4 is 0 Å². The van der Waals surface area contributed by atoms with Crippen molar-refractivity contribution in [1.29, 1.82) is 0 Å². The van der Waals surface area contributed by atoms with Crippen molar-refractivity contribution in [2.24, 2.45) is 0 Å². The molecule has 0 aliphatic carbocycles. The third-order valence-corrected chi connectivity index (χ3v) is 1.52. The number of quaternary nitrogens is 2. The zero-order chi connectivity index (χ0) is 9.12. The molecule has 18 heavy (non-hydrogen) atoms. The smallest absolute Gasteiger partial charge is 0.289 e. The first-order valence-corrected chi connectivity index (χ1v) is 4.02. The number of hydrogen-bond donors (Lipinski definition) is 1. The monoisotopic (exact) mass is 275 g/mol. The summed E-state index contributed by atoms with van der Waals surface area (Å²) in [5, 5.41) is 0. The van der Waals surface area contributed by atoms with E-state index in [1.165, 1.54) is 0 Å². The highest BCUT2D eigenvalue weighted by atomic mass is 15.4. The third-order valence-electron chi connectivity index (χ3n) is 1.52. The van der Waals surface area contributed by atoms with E-state index in [4.69, 9.17) is 1.41 Å². The van der Waals surface area contributed by atoms with E-state index in [1.807, 2.05) is 0 Å². The second kappa shape index (κ2) is 30.2. The van der Waals surface area contributed by atoms with E-state index in [9.17, 15) is 0 Å². The second-order valence-electron chi connectivity index (χ2n) is 3.74. The van der Waals surface area contributed by atoms with Crippen LogP contribution in [-0.4, -0.2) is 45.4 Å². The molecule has 0 aromatic rings. The average Bonchev–Trinajstić information content (AvgIpc) is 1.84. The van der Waals surface area contributed by atoms with Gasteiger partial charge in [-0.15, -0.1) is 0 Å². The van der Waals surface area contributed by atoms with Crippen LogP contribution in [0.5, 0.6) is 0 Å². The van der Waals surface area contributed by atoms with Crippen LogP contribution >= 0.6 is 0 Å². The Morgan fingerprint density at radius 2 is 0.944 bits per heavy atom. The predicted octanol–water partition coefficient (Wildman–Crippen LogP) is 4.66. The number of nitrogens with one attached hydrogen (secondary N) is 1. The zero-order valence-electron chi connectivity index (χ0n) is 9.02. The number of rotatable bonds is 4. The van der Waals surface area contributed by atoms with Crippen molar-refractivity contribution in [2.75, 3.05) is 40.9 Å². The van der Waals surface area contributed by atoms with Crippen molar-refractivity contribution in [3.8, 4) is 0 Å². The van der Waals surface area contributed by atoms with Gasteiger partial charge >= 0.3 is 1.41 Å². The molecule has 0 saturated heterocycles. The van der Waals surface area contributed by atoms with E-state index < -0.39 is 0 Å². The maximum Gasteiger partial charge on any atom is 0.353 e. The van der Waals surface area contributed by atoms with Crippen LogP contribution in [0.3, 0.4) is 0 Å². The average molecular weight is 276 g/mol. The normalized spacial score (nSPS) is 8.39. The predicted molar refractivity (Wildman–Crippen MR) is 98.8 cm³/mol. The van der Waals surface area contributed by atoms with Gasteiger partial charge < -0.3 is 0 Å². The summed E-state index contributed by atoms with van der Waals surface area (Å²) in [5.74, 6) is 0. The first kappa shape index (κ1) is 52.1. The van der Waals surface area contributed by atoms with Gasteiger partial charge in [0.2, 0.25) is 6.67 Å². The van der Waals surface area contributed by atoms with Gasteiger partial charge in [-0.3, -0.25) is 9.38 Å². The molecule has 0 aliphatic heterocycles. The first-order chi connectivity index (χ1) is 4.83. The molecule has 2 heteroatoms. The van der Waals surface area contributed by atoms with Crippen LogP contribution in [0.15, 0.2) is 0 Å². The van der Waals surface area contributed by atoms with Crippen LogP contribution in [0, 0.1) is 0 Å². The Hall–Kier alpha value is -0.0800. The molecule has 0 amide bonds. The van der Waals surface area contributed by atoms with E-state index in [0.717, 1.165) is 24.2 Å². The van der Waals surface area contributed by atoms with Gasteiger partial charge in [-0.1, -0.05) is 59.4 Å². The van der Waals surface area contributed by atoms with E-state index >= 15 is 0 Å². The molecular formula is C16H54N2+2. The summed E-state index contributed by atoms with van der Waals surface area (Å²) in [6, 6.07) is 0. The van der Waals surface area contributed by atoms with Crippen molar-refractivity contribution in [3.05, 3.63) is 0 Å². The molecular weight excluding hydrogens is 220 g/mol. The molecule has 1 N–H and O–H groups in total. The molecule has 0 unspecified atom stereocenters. The molecule has 126 valence electrons. The minimum atomic E-state index is 0. The van der Waals surface area contributed by atoms with E-state index in [-0.39, 0.29) is 59.4 Å². The lowest BCUT2D eigenvalue weighted by Gasteiger charge is -2.27. The van der Waals surface area contributed by atoms with E-state index in [1.54, 1.807) is 0 Å². The zero-order valence-corrected chi connectivity index (χ0v) is 8.02. The minimum absolute atomic E-state index is 0. The third kappa shape index (κ3) is 44.5. The summed E-state index contributed by atoms with van der Waals surface area (Å²) < 4.78 is 8.86. The summed E-state index contributed by atoms with van der Waals surface area (Å²) in [6.45, 7) is 6.82. The number of hydrogen-bond acceptors (Lipinski definition) is 0. The molecule has 0 aliphatic rings. The quantitative estimate of drug-likeness (QED) is 0.562. The standard InChI is InChI=1S/C8H21N2.8CH4/c1-6-9(7-2)8-10(3,4)5;;;;;;;;/h6-8H2,1-5H3;8*1H4/q+1;;;;;;;;/p+1/i/hD. The SMILES string of the molecule is C.C.C.C.C.C.C.C.[2H][N+](CC)(CC)C[N+](C)(C)C. The fourth-order valence-corrected chi connectivity index (χ4v) is 1.02. The molecule has 0 bridgehead atoms. The van der Waals surface area contributed by atoms with Crippen molar-refractivity contribution in [1.82, 2.24) is 0 Å². The highest BCUT2D eigenvalue weighted by molar-refractivity contribution is 4.11.